The lowest BCUT2D eigenvalue weighted by atomic mass is 10.2. The van der Waals surface area contributed by atoms with E-state index in [0.29, 0.717) is 15.8 Å². The number of benzene rings is 2. The van der Waals surface area contributed by atoms with Crippen LogP contribution in [0.25, 0.3) is 17.1 Å². The molecule has 4 rings (SSSR count). The molecule has 0 fully saturated rings. The molecule has 2 heterocycles. The van der Waals surface area contributed by atoms with Crippen molar-refractivity contribution < 1.29 is 4.74 Å². The molecule has 8 heteroatoms. The van der Waals surface area contributed by atoms with Gasteiger partial charge in [0, 0.05) is 39.4 Å². The van der Waals surface area contributed by atoms with E-state index in [1.807, 2.05) is 59.2 Å². The Labute approximate surface area is 182 Å². The van der Waals surface area contributed by atoms with Crippen molar-refractivity contribution in [2.45, 2.75) is 10.9 Å². The van der Waals surface area contributed by atoms with E-state index in [1.165, 1.54) is 11.8 Å². The van der Waals surface area contributed by atoms with Gasteiger partial charge in [-0.3, -0.25) is 9.55 Å². The lowest BCUT2D eigenvalue weighted by Crippen LogP contribution is -2.00. The topological polar surface area (TPSA) is 52.8 Å². The SMILES string of the molecule is COc1ccc(-n2c(SCc3c(Cl)cccc3Cl)nnc2-c2ccncc2)cc1. The molecule has 0 spiro atoms. The van der Waals surface area contributed by atoms with Gasteiger partial charge in [0.05, 0.1) is 7.11 Å². The molecule has 0 bridgehead atoms. The molecule has 29 heavy (non-hydrogen) atoms. The van der Waals surface area contributed by atoms with Crippen LogP contribution in [0.4, 0.5) is 0 Å². The fourth-order valence-corrected chi connectivity index (χ4v) is 4.52. The van der Waals surface area contributed by atoms with Crippen LogP contribution in [-0.2, 0) is 5.75 Å². The Kier molecular flexibility index (Phi) is 6.04. The van der Waals surface area contributed by atoms with Crippen molar-refractivity contribution in [3.63, 3.8) is 0 Å². The van der Waals surface area contributed by atoms with Crippen molar-refractivity contribution in [2.75, 3.05) is 7.11 Å². The van der Waals surface area contributed by atoms with E-state index in [0.717, 1.165) is 33.5 Å². The van der Waals surface area contributed by atoms with E-state index >= 15 is 0 Å². The number of aromatic nitrogens is 4. The van der Waals surface area contributed by atoms with Crippen LogP contribution >= 0.6 is 35.0 Å². The summed E-state index contributed by atoms with van der Waals surface area (Å²) < 4.78 is 7.28. The summed E-state index contributed by atoms with van der Waals surface area (Å²) in [5.74, 6) is 2.08. The summed E-state index contributed by atoms with van der Waals surface area (Å²) in [4.78, 5) is 4.09. The molecule has 4 aromatic rings. The number of halogens is 2. The van der Waals surface area contributed by atoms with Crippen molar-refractivity contribution in [3.8, 4) is 22.8 Å². The van der Waals surface area contributed by atoms with Crippen molar-refractivity contribution in [1.29, 1.82) is 0 Å². The van der Waals surface area contributed by atoms with Crippen LogP contribution in [0.3, 0.4) is 0 Å². The minimum absolute atomic E-state index is 0.573. The summed E-state index contributed by atoms with van der Waals surface area (Å²) in [5.41, 5.74) is 2.72. The molecule has 0 saturated heterocycles. The summed E-state index contributed by atoms with van der Waals surface area (Å²) in [6, 6.07) is 17.1. The van der Waals surface area contributed by atoms with Crippen LogP contribution in [0.1, 0.15) is 5.56 Å². The van der Waals surface area contributed by atoms with E-state index in [2.05, 4.69) is 15.2 Å². The molecule has 0 aliphatic heterocycles. The summed E-state index contributed by atoms with van der Waals surface area (Å²) in [5, 5.41) is 10.9. The Morgan fingerprint density at radius 2 is 1.62 bits per heavy atom. The lowest BCUT2D eigenvalue weighted by molar-refractivity contribution is 0.414. The summed E-state index contributed by atoms with van der Waals surface area (Å²) in [7, 11) is 1.64. The van der Waals surface area contributed by atoms with Crippen molar-refractivity contribution in [2.24, 2.45) is 0 Å². The van der Waals surface area contributed by atoms with Gasteiger partial charge in [0.1, 0.15) is 5.75 Å². The highest BCUT2D eigenvalue weighted by atomic mass is 35.5. The number of pyridine rings is 1. The average molecular weight is 443 g/mol. The zero-order valence-corrected chi connectivity index (χ0v) is 17.7. The quantitative estimate of drug-likeness (QED) is 0.346. The fraction of sp³-hybridized carbons (Fsp3) is 0.0952. The second kappa shape index (κ2) is 8.86. The smallest absolute Gasteiger partial charge is 0.196 e. The number of thioether (sulfide) groups is 1. The molecule has 146 valence electrons. The lowest BCUT2D eigenvalue weighted by Gasteiger charge is -2.12. The molecular weight excluding hydrogens is 427 g/mol. The zero-order chi connectivity index (χ0) is 20.2. The summed E-state index contributed by atoms with van der Waals surface area (Å²) in [6.07, 6.45) is 3.47. The first kappa shape index (κ1) is 19.8. The normalized spacial score (nSPS) is 10.9. The number of hydrogen-bond donors (Lipinski definition) is 0. The Balaban J connectivity index is 1.74. The maximum absolute atomic E-state index is 6.33. The van der Waals surface area contributed by atoms with Gasteiger partial charge >= 0.3 is 0 Å². The van der Waals surface area contributed by atoms with Gasteiger partial charge in [-0.05, 0) is 54.1 Å². The van der Waals surface area contributed by atoms with Gasteiger partial charge in [0.15, 0.2) is 11.0 Å². The highest BCUT2D eigenvalue weighted by Crippen LogP contribution is 2.34. The minimum Gasteiger partial charge on any atom is -0.497 e. The van der Waals surface area contributed by atoms with Crippen LogP contribution in [-0.4, -0.2) is 26.9 Å². The molecule has 0 atom stereocenters. The molecule has 0 N–H and O–H groups in total. The van der Waals surface area contributed by atoms with Crippen LogP contribution in [0.5, 0.6) is 5.75 Å². The number of nitrogens with zero attached hydrogens (tertiary/aromatic N) is 4. The number of hydrogen-bond acceptors (Lipinski definition) is 5. The standard InChI is InChI=1S/C21H16Cl2N4OS/c1-28-16-7-5-15(6-8-16)27-20(14-9-11-24-12-10-14)25-26-21(27)29-13-17-18(22)3-2-4-19(17)23/h2-12H,13H2,1H3. The summed E-state index contributed by atoms with van der Waals surface area (Å²) >= 11 is 14.2. The molecule has 0 aliphatic carbocycles. The third-order valence-electron chi connectivity index (χ3n) is 4.31. The zero-order valence-electron chi connectivity index (χ0n) is 15.4. The Hall–Kier alpha value is -2.54. The van der Waals surface area contributed by atoms with Gasteiger partial charge in [0.2, 0.25) is 0 Å². The van der Waals surface area contributed by atoms with E-state index in [-0.39, 0.29) is 0 Å². The predicted molar refractivity (Wildman–Crippen MR) is 117 cm³/mol. The van der Waals surface area contributed by atoms with Crippen molar-refractivity contribution >= 4 is 35.0 Å². The largest absolute Gasteiger partial charge is 0.497 e. The van der Waals surface area contributed by atoms with Gasteiger partial charge in [-0.2, -0.15) is 0 Å². The van der Waals surface area contributed by atoms with Gasteiger partial charge in [-0.1, -0.05) is 41.0 Å². The van der Waals surface area contributed by atoms with E-state index in [4.69, 9.17) is 27.9 Å². The molecule has 0 amide bonds. The van der Waals surface area contributed by atoms with Gasteiger partial charge in [-0.25, -0.2) is 0 Å². The molecular formula is C21H16Cl2N4OS. The van der Waals surface area contributed by atoms with E-state index < -0.39 is 0 Å². The fourth-order valence-electron chi connectivity index (χ4n) is 2.82. The van der Waals surface area contributed by atoms with Crippen LogP contribution < -0.4 is 4.74 Å². The molecule has 0 saturated carbocycles. The Bertz CT molecular complexity index is 1100. The molecule has 2 aromatic carbocycles. The van der Waals surface area contributed by atoms with Crippen LogP contribution in [0.15, 0.2) is 72.1 Å². The predicted octanol–water partition coefficient (Wildman–Crippen LogP) is 5.94. The highest BCUT2D eigenvalue weighted by Gasteiger charge is 2.17. The van der Waals surface area contributed by atoms with Crippen molar-refractivity contribution in [1.82, 2.24) is 19.7 Å². The Morgan fingerprint density at radius 3 is 2.28 bits per heavy atom. The second-order valence-corrected chi connectivity index (χ2v) is 7.82. The summed E-state index contributed by atoms with van der Waals surface area (Å²) in [6.45, 7) is 0. The Morgan fingerprint density at radius 1 is 0.931 bits per heavy atom. The van der Waals surface area contributed by atoms with Gasteiger partial charge in [0.25, 0.3) is 0 Å². The van der Waals surface area contributed by atoms with E-state index in [1.54, 1.807) is 19.5 Å². The van der Waals surface area contributed by atoms with Crippen LogP contribution in [0, 0.1) is 0 Å². The first-order valence-electron chi connectivity index (χ1n) is 8.73. The minimum atomic E-state index is 0.573. The molecule has 2 aromatic heterocycles. The first-order valence-corrected chi connectivity index (χ1v) is 10.5. The molecule has 0 radical (unpaired) electrons. The van der Waals surface area contributed by atoms with Crippen LogP contribution in [0.2, 0.25) is 10.0 Å². The monoisotopic (exact) mass is 442 g/mol. The van der Waals surface area contributed by atoms with Gasteiger partial charge < -0.3 is 4.74 Å². The molecule has 5 nitrogen and oxygen atoms in total. The molecule has 0 unspecified atom stereocenters. The maximum atomic E-state index is 6.33. The maximum Gasteiger partial charge on any atom is 0.196 e. The average Bonchev–Trinajstić information content (AvgIpc) is 3.18. The number of rotatable bonds is 6. The first-order chi connectivity index (χ1) is 14.2. The third-order valence-corrected chi connectivity index (χ3v) is 5.97. The highest BCUT2D eigenvalue weighted by molar-refractivity contribution is 7.98. The third kappa shape index (κ3) is 4.24. The van der Waals surface area contributed by atoms with E-state index in [9.17, 15) is 0 Å². The number of ether oxygens (including phenoxy) is 1. The second-order valence-electron chi connectivity index (χ2n) is 6.06. The van der Waals surface area contributed by atoms with Gasteiger partial charge in [-0.15, -0.1) is 10.2 Å². The van der Waals surface area contributed by atoms with Crippen molar-refractivity contribution in [3.05, 3.63) is 82.6 Å². The molecule has 0 aliphatic rings. The number of methoxy groups -OCH3 is 1.